The molecule has 3 rings (SSSR count). The number of para-hydroxylation sites is 2. The predicted molar refractivity (Wildman–Crippen MR) is 165 cm³/mol. The van der Waals surface area contributed by atoms with E-state index in [9.17, 15) is 19.5 Å². The molecule has 0 aliphatic carbocycles. The summed E-state index contributed by atoms with van der Waals surface area (Å²) in [5.41, 5.74) is 3.16. The number of alkyl carbamates (subject to hydrolysis) is 1. The molecule has 0 spiro atoms. The number of hydrogen-bond acceptors (Lipinski definition) is 5. The van der Waals surface area contributed by atoms with Gasteiger partial charge >= 0.3 is 6.09 Å². The van der Waals surface area contributed by atoms with Crippen LogP contribution in [0.15, 0.2) is 79.4 Å². The number of anilines is 1. The molecule has 0 saturated carbocycles. The second-order valence-corrected chi connectivity index (χ2v) is 11.3. The summed E-state index contributed by atoms with van der Waals surface area (Å²) < 4.78 is 5.47. The summed E-state index contributed by atoms with van der Waals surface area (Å²) in [6.07, 6.45) is 0.902. The Morgan fingerprint density at radius 1 is 0.929 bits per heavy atom. The van der Waals surface area contributed by atoms with Crippen LogP contribution in [0.4, 0.5) is 10.5 Å². The number of rotatable bonds is 10. The lowest BCUT2D eigenvalue weighted by atomic mass is 9.97. The van der Waals surface area contributed by atoms with Crippen LogP contribution < -0.4 is 10.6 Å². The van der Waals surface area contributed by atoms with Crippen LogP contribution in [0.3, 0.4) is 0 Å². The molecular weight excluding hydrogens is 530 g/mol. The highest BCUT2D eigenvalue weighted by Gasteiger charge is 2.37. The summed E-state index contributed by atoms with van der Waals surface area (Å²) >= 11 is 0. The Labute approximate surface area is 248 Å². The second kappa shape index (κ2) is 13.9. The van der Waals surface area contributed by atoms with Crippen LogP contribution in [0.25, 0.3) is 0 Å². The molecule has 3 amide bonds. The number of nitrogens with zero attached hydrogens (tertiary/aromatic N) is 1. The molecule has 3 N–H and O–H groups in total. The van der Waals surface area contributed by atoms with Gasteiger partial charge in [-0.05, 0) is 63.8 Å². The van der Waals surface area contributed by atoms with E-state index in [4.69, 9.17) is 4.74 Å². The van der Waals surface area contributed by atoms with Crippen molar-refractivity contribution in [1.82, 2.24) is 10.2 Å². The van der Waals surface area contributed by atoms with Gasteiger partial charge in [0.2, 0.25) is 5.91 Å². The summed E-state index contributed by atoms with van der Waals surface area (Å²) in [4.78, 5) is 42.7. The van der Waals surface area contributed by atoms with E-state index in [0.29, 0.717) is 11.3 Å². The molecule has 8 nitrogen and oxygen atoms in total. The van der Waals surface area contributed by atoms with Gasteiger partial charge in [-0.3, -0.25) is 9.59 Å². The number of phenolic OH excluding ortho intramolecular Hbond substituents is 1. The van der Waals surface area contributed by atoms with Gasteiger partial charge in [0.1, 0.15) is 23.4 Å². The minimum atomic E-state index is -1.24. The molecule has 0 aliphatic heterocycles. The molecule has 0 aliphatic rings. The zero-order valence-electron chi connectivity index (χ0n) is 25.2. The fourth-order valence-corrected chi connectivity index (χ4v) is 4.72. The maximum Gasteiger partial charge on any atom is 0.408 e. The highest BCUT2D eigenvalue weighted by atomic mass is 16.6. The van der Waals surface area contributed by atoms with Crippen LogP contribution in [0, 0.1) is 20.8 Å². The van der Waals surface area contributed by atoms with Crippen molar-refractivity contribution in [3.63, 3.8) is 0 Å². The monoisotopic (exact) mass is 571 g/mol. The first-order valence-corrected chi connectivity index (χ1v) is 13.9. The third-order valence-electron chi connectivity index (χ3n) is 6.73. The third kappa shape index (κ3) is 8.22. The molecule has 0 radical (unpaired) electrons. The fourth-order valence-electron chi connectivity index (χ4n) is 4.72. The quantitative estimate of drug-likeness (QED) is 0.253. The lowest BCUT2D eigenvalue weighted by Crippen LogP contribution is -2.53. The van der Waals surface area contributed by atoms with E-state index in [2.05, 4.69) is 17.2 Å². The molecule has 0 bridgehead atoms. The average molecular weight is 572 g/mol. The minimum Gasteiger partial charge on any atom is -0.507 e. The van der Waals surface area contributed by atoms with E-state index in [1.807, 2.05) is 62.4 Å². The van der Waals surface area contributed by atoms with Crippen LogP contribution in [0.1, 0.15) is 54.6 Å². The maximum absolute atomic E-state index is 14.4. The van der Waals surface area contributed by atoms with Gasteiger partial charge in [-0.15, -0.1) is 6.58 Å². The van der Waals surface area contributed by atoms with E-state index >= 15 is 0 Å². The van der Waals surface area contributed by atoms with E-state index in [1.165, 1.54) is 11.0 Å². The largest absolute Gasteiger partial charge is 0.507 e. The van der Waals surface area contributed by atoms with Crippen molar-refractivity contribution in [3.05, 3.63) is 107 Å². The van der Waals surface area contributed by atoms with Gasteiger partial charge in [0.25, 0.3) is 5.91 Å². The molecule has 2 unspecified atom stereocenters. The molecule has 3 aromatic carbocycles. The van der Waals surface area contributed by atoms with Gasteiger partial charge in [-0.1, -0.05) is 72.8 Å². The highest BCUT2D eigenvalue weighted by Crippen LogP contribution is 2.34. The number of aromatic hydroxyl groups is 1. The van der Waals surface area contributed by atoms with E-state index in [-0.39, 0.29) is 24.3 Å². The molecule has 8 heteroatoms. The smallest absolute Gasteiger partial charge is 0.408 e. The Hall–Kier alpha value is -4.59. The second-order valence-electron chi connectivity index (χ2n) is 11.3. The summed E-state index contributed by atoms with van der Waals surface area (Å²) in [5.74, 6) is -1.15. The lowest BCUT2D eigenvalue weighted by molar-refractivity contribution is -0.140. The zero-order chi connectivity index (χ0) is 31.0. The number of carbonyl (C=O) groups is 3. The molecule has 0 aromatic heterocycles. The first-order chi connectivity index (χ1) is 19.8. The van der Waals surface area contributed by atoms with Crippen LogP contribution >= 0.6 is 0 Å². The van der Waals surface area contributed by atoms with Crippen molar-refractivity contribution in [3.8, 4) is 5.75 Å². The Balaban J connectivity index is 2.11. The number of phenols is 1. The van der Waals surface area contributed by atoms with Crippen LogP contribution in [0.2, 0.25) is 0 Å². The molecular formula is C34H41N3O5. The molecule has 0 saturated heterocycles. The topological polar surface area (TPSA) is 108 Å². The number of benzene rings is 3. The fraction of sp³-hybridized carbons (Fsp3) is 0.324. The van der Waals surface area contributed by atoms with Crippen LogP contribution in [-0.4, -0.2) is 46.1 Å². The number of ether oxygens (including phenoxy) is 1. The molecule has 2 atom stereocenters. The maximum atomic E-state index is 14.4. The van der Waals surface area contributed by atoms with Crippen molar-refractivity contribution in [2.24, 2.45) is 0 Å². The summed E-state index contributed by atoms with van der Waals surface area (Å²) in [7, 11) is 0. The lowest BCUT2D eigenvalue weighted by Gasteiger charge is -2.34. The Bertz CT molecular complexity index is 1410. The van der Waals surface area contributed by atoms with Crippen molar-refractivity contribution < 1.29 is 24.2 Å². The minimum absolute atomic E-state index is 0.0294. The summed E-state index contributed by atoms with van der Waals surface area (Å²) in [6.45, 7) is 14.5. The molecule has 222 valence electrons. The van der Waals surface area contributed by atoms with Gasteiger partial charge in [-0.2, -0.15) is 0 Å². The Kier molecular flexibility index (Phi) is 10.5. The van der Waals surface area contributed by atoms with Gasteiger partial charge < -0.3 is 25.4 Å². The van der Waals surface area contributed by atoms with Crippen LogP contribution in [0.5, 0.6) is 5.75 Å². The third-order valence-corrected chi connectivity index (χ3v) is 6.73. The van der Waals surface area contributed by atoms with Gasteiger partial charge in [-0.25, -0.2) is 4.79 Å². The molecule has 0 fully saturated rings. The molecule has 3 aromatic rings. The van der Waals surface area contributed by atoms with Crippen molar-refractivity contribution >= 4 is 23.6 Å². The first-order valence-electron chi connectivity index (χ1n) is 13.9. The van der Waals surface area contributed by atoms with Crippen molar-refractivity contribution in [2.75, 3.05) is 11.9 Å². The number of hydrogen-bond donors (Lipinski definition) is 3. The summed E-state index contributed by atoms with van der Waals surface area (Å²) in [5, 5.41) is 16.8. The van der Waals surface area contributed by atoms with Crippen molar-refractivity contribution in [2.45, 2.75) is 65.6 Å². The highest BCUT2D eigenvalue weighted by molar-refractivity contribution is 6.00. The average Bonchev–Trinajstić information content (AvgIpc) is 2.91. The zero-order valence-corrected chi connectivity index (χ0v) is 25.2. The number of nitrogens with one attached hydrogen (secondary N) is 2. The number of carbonyl (C=O) groups excluding carboxylic acids is 3. The molecule has 42 heavy (non-hydrogen) atoms. The van der Waals surface area contributed by atoms with Gasteiger partial charge in [0, 0.05) is 24.2 Å². The van der Waals surface area contributed by atoms with Crippen LogP contribution in [-0.2, 0) is 20.7 Å². The normalized spacial score (nSPS) is 12.5. The van der Waals surface area contributed by atoms with E-state index < -0.39 is 35.6 Å². The van der Waals surface area contributed by atoms with Gasteiger partial charge in [0.15, 0.2) is 0 Å². The van der Waals surface area contributed by atoms with E-state index in [0.717, 1.165) is 16.7 Å². The first kappa shape index (κ1) is 31.9. The number of amides is 3. The van der Waals surface area contributed by atoms with Crippen molar-refractivity contribution in [1.29, 1.82) is 0 Å². The van der Waals surface area contributed by atoms with Gasteiger partial charge in [0.05, 0.1) is 0 Å². The predicted octanol–water partition coefficient (Wildman–Crippen LogP) is 6.15. The number of aryl methyl sites for hydroxylation is 3. The SMILES string of the molecule is C=CCN(C(=O)C(Cc1ccccc1)NC(=O)OC(C)(C)C)C(C(=O)Nc1c(C)cccc1C)c1cccc(C)c1O. The Morgan fingerprint density at radius 2 is 1.52 bits per heavy atom. The van der Waals surface area contributed by atoms with E-state index in [1.54, 1.807) is 45.9 Å². The Morgan fingerprint density at radius 3 is 2.12 bits per heavy atom. The standard InChI is InChI=1S/C34H41N3O5/c1-8-20-37(32(40)27(21-25-17-10-9-11-18-25)35-33(41)42-34(5,6)7)29(26-19-13-16-24(4)30(26)38)31(39)36-28-22(2)14-12-15-23(28)3/h8-19,27,29,38H,1,20-21H2,2-7H3,(H,35,41)(H,36,39). The summed E-state index contributed by atoms with van der Waals surface area (Å²) in [6, 6.07) is 17.7. The molecule has 0 heterocycles.